The van der Waals surface area contributed by atoms with E-state index in [4.69, 9.17) is 0 Å². The fraction of sp³-hybridized carbons (Fsp3) is 0.667. The highest BCUT2D eigenvalue weighted by atomic mass is 16.3. The van der Waals surface area contributed by atoms with Gasteiger partial charge in [-0.05, 0) is 12.5 Å². The summed E-state index contributed by atoms with van der Waals surface area (Å²) in [6, 6.07) is 0. The van der Waals surface area contributed by atoms with Crippen molar-refractivity contribution in [1.82, 2.24) is 0 Å². The van der Waals surface area contributed by atoms with E-state index >= 15 is 0 Å². The average molecular weight is 172 g/mol. The van der Waals surface area contributed by atoms with Crippen LogP contribution in [0.25, 0.3) is 0 Å². The van der Waals surface area contributed by atoms with Crippen LogP contribution in [-0.2, 0) is 4.79 Å². The quantitative estimate of drug-likeness (QED) is 0.383. The van der Waals surface area contributed by atoms with Crippen LogP contribution in [0.4, 0.5) is 0 Å². The van der Waals surface area contributed by atoms with Crippen LogP contribution in [0, 0.1) is 0 Å². The zero-order valence-corrected chi connectivity index (χ0v) is 8.51. The molecule has 12 heavy (non-hydrogen) atoms. The summed E-state index contributed by atoms with van der Waals surface area (Å²) in [6.45, 7) is 6.62. The first-order valence-corrected chi connectivity index (χ1v) is 3.85. The van der Waals surface area contributed by atoms with Gasteiger partial charge in [-0.15, -0.1) is 0 Å². The molecule has 1 unspecified atom stereocenters. The predicted octanol–water partition coefficient (Wildman–Crippen LogP) is 0.546. The van der Waals surface area contributed by atoms with Crippen LogP contribution in [0.15, 0.2) is 12.2 Å². The Morgan fingerprint density at radius 2 is 1.75 bits per heavy atom. The van der Waals surface area contributed by atoms with Crippen molar-refractivity contribution in [2.45, 2.75) is 19.6 Å². The van der Waals surface area contributed by atoms with Gasteiger partial charge < -0.3 is 5.11 Å². The maximum Gasteiger partial charge on any atom is 0.262 e. The molecule has 3 heteroatoms. The van der Waals surface area contributed by atoms with Crippen molar-refractivity contribution in [3.05, 3.63) is 12.2 Å². The van der Waals surface area contributed by atoms with Crippen molar-refractivity contribution >= 4 is 5.78 Å². The smallest absolute Gasteiger partial charge is 0.262 e. The third-order valence-electron chi connectivity index (χ3n) is 2.12. The molecule has 0 rings (SSSR count). The van der Waals surface area contributed by atoms with E-state index in [1.54, 1.807) is 28.1 Å². The molecule has 70 valence electrons. The molecule has 0 aliphatic heterocycles. The lowest BCUT2D eigenvalue weighted by molar-refractivity contribution is -0.935. The standard InChI is InChI=1S/C9H18NO2/c1-7(2)8(11)9(3,12)10(4,5)6/h12H,1H2,2-6H3/q+1. The molecule has 0 aromatic carbocycles. The van der Waals surface area contributed by atoms with E-state index in [2.05, 4.69) is 6.58 Å². The number of quaternary nitrogens is 1. The largest absolute Gasteiger partial charge is 0.336 e. The third kappa shape index (κ3) is 1.93. The molecule has 1 atom stereocenters. The molecule has 3 nitrogen and oxygen atoms in total. The summed E-state index contributed by atoms with van der Waals surface area (Å²) in [6.07, 6.45) is 0. The molecule has 0 aromatic rings. The highest BCUT2D eigenvalue weighted by Crippen LogP contribution is 2.18. The van der Waals surface area contributed by atoms with Gasteiger partial charge in [-0.2, -0.15) is 0 Å². The van der Waals surface area contributed by atoms with Crippen LogP contribution >= 0.6 is 0 Å². The summed E-state index contributed by atoms with van der Waals surface area (Å²) in [5, 5.41) is 9.85. The Morgan fingerprint density at radius 1 is 1.42 bits per heavy atom. The van der Waals surface area contributed by atoms with E-state index in [1.807, 2.05) is 0 Å². The lowest BCUT2D eigenvalue weighted by Gasteiger charge is -2.37. The number of aliphatic hydroxyl groups is 1. The summed E-state index contributed by atoms with van der Waals surface area (Å²) < 4.78 is 0.179. The van der Waals surface area contributed by atoms with Gasteiger partial charge in [0, 0.05) is 6.92 Å². The zero-order valence-electron chi connectivity index (χ0n) is 8.51. The van der Waals surface area contributed by atoms with Gasteiger partial charge in [-0.25, -0.2) is 0 Å². The van der Waals surface area contributed by atoms with Crippen molar-refractivity contribution in [2.75, 3.05) is 21.1 Å². The van der Waals surface area contributed by atoms with Gasteiger partial charge in [0.15, 0.2) is 0 Å². The zero-order chi connectivity index (χ0) is 10.2. The average Bonchev–Trinajstić information content (AvgIpc) is 1.83. The Labute approximate surface area is 73.9 Å². The second kappa shape index (κ2) is 2.99. The Hall–Kier alpha value is -0.670. The van der Waals surface area contributed by atoms with E-state index in [1.165, 1.54) is 6.92 Å². The van der Waals surface area contributed by atoms with Gasteiger partial charge >= 0.3 is 0 Å². The van der Waals surface area contributed by atoms with E-state index in [-0.39, 0.29) is 10.3 Å². The fourth-order valence-electron chi connectivity index (χ4n) is 0.709. The van der Waals surface area contributed by atoms with Crippen molar-refractivity contribution in [3.8, 4) is 0 Å². The number of likely N-dealkylation sites (N-methyl/N-ethyl adjacent to an activating group) is 1. The Morgan fingerprint density at radius 3 is 1.83 bits per heavy atom. The van der Waals surface area contributed by atoms with Crippen molar-refractivity contribution in [2.24, 2.45) is 0 Å². The minimum atomic E-state index is -1.38. The molecule has 0 aliphatic carbocycles. The maximum absolute atomic E-state index is 11.4. The number of carbonyl (C=O) groups excluding carboxylic acids is 1. The van der Waals surface area contributed by atoms with Gasteiger partial charge in [0.2, 0.25) is 5.78 Å². The van der Waals surface area contributed by atoms with Crippen LogP contribution in [0.1, 0.15) is 13.8 Å². The van der Waals surface area contributed by atoms with Gasteiger partial charge in [0.05, 0.1) is 21.1 Å². The molecule has 0 saturated carbocycles. The summed E-state index contributed by atoms with van der Waals surface area (Å²) in [7, 11) is 5.29. The van der Waals surface area contributed by atoms with E-state index in [0.717, 1.165) is 0 Å². The van der Waals surface area contributed by atoms with Gasteiger partial charge in [-0.3, -0.25) is 9.28 Å². The number of ketones is 1. The maximum atomic E-state index is 11.4. The van der Waals surface area contributed by atoms with Crippen LogP contribution in [0.3, 0.4) is 0 Å². The van der Waals surface area contributed by atoms with E-state index < -0.39 is 5.72 Å². The summed E-state index contributed by atoms with van der Waals surface area (Å²) in [4.78, 5) is 11.4. The molecule has 0 spiro atoms. The number of hydrogen-bond donors (Lipinski definition) is 1. The molecule has 0 heterocycles. The second-order valence-corrected chi connectivity index (χ2v) is 4.14. The van der Waals surface area contributed by atoms with Crippen LogP contribution in [-0.4, -0.2) is 42.2 Å². The van der Waals surface area contributed by atoms with Crippen LogP contribution in [0.5, 0.6) is 0 Å². The monoisotopic (exact) mass is 172 g/mol. The highest BCUT2D eigenvalue weighted by molar-refractivity contribution is 5.99. The van der Waals surface area contributed by atoms with Crippen molar-refractivity contribution < 1.29 is 14.4 Å². The molecule has 0 aromatic heterocycles. The molecular weight excluding hydrogens is 154 g/mol. The first kappa shape index (κ1) is 11.3. The Kier molecular flexibility index (Phi) is 2.83. The highest BCUT2D eigenvalue weighted by Gasteiger charge is 2.43. The number of Topliss-reactive ketones (excluding diaryl/α,β-unsaturated/α-hetero) is 1. The van der Waals surface area contributed by atoms with Crippen molar-refractivity contribution in [3.63, 3.8) is 0 Å². The summed E-state index contributed by atoms with van der Waals surface area (Å²) in [5.41, 5.74) is -1.00. The molecule has 0 radical (unpaired) electrons. The second-order valence-electron chi connectivity index (χ2n) is 4.14. The SMILES string of the molecule is C=C(C)C(=O)C(C)(O)[N+](C)(C)C. The molecule has 0 saturated heterocycles. The molecule has 0 bridgehead atoms. The van der Waals surface area contributed by atoms with E-state index in [9.17, 15) is 9.90 Å². The third-order valence-corrected chi connectivity index (χ3v) is 2.12. The molecule has 1 N–H and O–H groups in total. The van der Waals surface area contributed by atoms with Crippen LogP contribution < -0.4 is 0 Å². The molecule has 0 aliphatic rings. The normalized spacial score (nSPS) is 16.8. The lowest BCUT2D eigenvalue weighted by atomic mass is 10.0. The number of hydrogen-bond acceptors (Lipinski definition) is 2. The first-order chi connectivity index (χ1) is 5.10. The fourth-order valence-corrected chi connectivity index (χ4v) is 0.709. The topological polar surface area (TPSA) is 37.3 Å². The van der Waals surface area contributed by atoms with Crippen molar-refractivity contribution in [1.29, 1.82) is 0 Å². The Balaban J connectivity index is 4.87. The summed E-state index contributed by atoms with van der Waals surface area (Å²) >= 11 is 0. The van der Waals surface area contributed by atoms with E-state index in [0.29, 0.717) is 5.57 Å². The van der Waals surface area contributed by atoms with Gasteiger partial charge in [-0.1, -0.05) is 6.58 Å². The Bertz CT molecular complexity index is 211. The molecule has 0 amide bonds. The number of nitrogens with zero attached hydrogens (tertiary/aromatic N) is 1. The number of carbonyl (C=O) groups is 1. The first-order valence-electron chi connectivity index (χ1n) is 3.85. The lowest BCUT2D eigenvalue weighted by Crippen LogP contribution is -2.60. The van der Waals surface area contributed by atoms with Crippen LogP contribution in [0.2, 0.25) is 0 Å². The molecular formula is C9H18NO2+. The predicted molar refractivity (Wildman–Crippen MR) is 48.5 cm³/mol. The summed E-state index contributed by atoms with van der Waals surface area (Å²) in [5.74, 6) is -0.310. The minimum Gasteiger partial charge on any atom is -0.336 e. The van der Waals surface area contributed by atoms with Gasteiger partial charge in [0.1, 0.15) is 0 Å². The number of rotatable bonds is 3. The molecule has 0 fully saturated rings. The minimum absolute atomic E-state index is 0.179. The van der Waals surface area contributed by atoms with Gasteiger partial charge in [0.25, 0.3) is 5.72 Å².